The molecule has 1 aromatic carbocycles. The van der Waals surface area contributed by atoms with Gasteiger partial charge in [0, 0.05) is 0 Å². The van der Waals surface area contributed by atoms with Gasteiger partial charge in [-0.15, -0.1) is 0 Å². The van der Waals surface area contributed by atoms with E-state index in [0.717, 1.165) is 11.1 Å². The summed E-state index contributed by atoms with van der Waals surface area (Å²) >= 11 is 0. The topological polar surface area (TPSA) is 82.3 Å². The number of carbonyl (C=O) groups excluding carboxylic acids is 1. The average molecular weight is 248 g/mol. The molecule has 18 heavy (non-hydrogen) atoms. The molecule has 0 saturated heterocycles. The van der Waals surface area contributed by atoms with Gasteiger partial charge in [0.1, 0.15) is 12.3 Å². The molecule has 0 bridgehead atoms. The summed E-state index contributed by atoms with van der Waals surface area (Å²) in [6.45, 7) is 3.37. The highest BCUT2D eigenvalue weighted by atomic mass is 16.5. The lowest BCUT2D eigenvalue weighted by molar-refractivity contribution is -0.122. The molecule has 0 radical (unpaired) electrons. The van der Waals surface area contributed by atoms with Crippen LogP contribution in [0, 0.1) is 18.3 Å². The lowest BCUT2D eigenvalue weighted by atomic mass is 10.1. The summed E-state index contributed by atoms with van der Waals surface area (Å²) < 4.78 is 5.33. The van der Waals surface area contributed by atoms with Crippen molar-refractivity contribution in [3.8, 4) is 11.8 Å². The summed E-state index contributed by atoms with van der Waals surface area (Å²) in [7, 11) is 0. The molecule has 5 heteroatoms. The summed E-state index contributed by atoms with van der Waals surface area (Å²) in [5.74, 6) is 0.252. The van der Waals surface area contributed by atoms with E-state index in [1.165, 1.54) is 0 Å². The second-order valence-corrected chi connectivity index (χ2v) is 3.92. The molecule has 5 nitrogen and oxygen atoms in total. The van der Waals surface area contributed by atoms with Crippen LogP contribution in [-0.2, 0) is 4.79 Å². The summed E-state index contributed by atoms with van der Waals surface area (Å²) in [4.78, 5) is 11.2. The maximum Gasteiger partial charge on any atom is 0.258 e. The van der Waals surface area contributed by atoms with Gasteiger partial charge in [0.15, 0.2) is 6.61 Å². The highest BCUT2D eigenvalue weighted by Crippen LogP contribution is 2.22. The van der Waals surface area contributed by atoms with E-state index in [9.17, 15) is 9.90 Å². The van der Waals surface area contributed by atoms with E-state index in [-0.39, 0.29) is 19.1 Å². The minimum absolute atomic E-state index is 0.0257. The van der Waals surface area contributed by atoms with Gasteiger partial charge in [-0.1, -0.05) is 6.07 Å². The second kappa shape index (κ2) is 6.62. The summed E-state index contributed by atoms with van der Waals surface area (Å²) in [5.41, 5.74) is 1.65. The molecular weight excluding hydrogens is 232 g/mol. The number of amides is 1. The summed E-state index contributed by atoms with van der Waals surface area (Å²) in [6.07, 6.45) is -0.531. The van der Waals surface area contributed by atoms with Crippen molar-refractivity contribution in [1.82, 2.24) is 5.32 Å². The van der Waals surface area contributed by atoms with Gasteiger partial charge in [0.2, 0.25) is 0 Å². The van der Waals surface area contributed by atoms with Crippen molar-refractivity contribution in [2.45, 2.75) is 20.0 Å². The number of rotatable bonds is 5. The Hall–Kier alpha value is -2.06. The number of hydrogen-bond donors (Lipinski definition) is 2. The Morgan fingerprint density at radius 1 is 1.61 bits per heavy atom. The van der Waals surface area contributed by atoms with E-state index in [1.54, 1.807) is 19.1 Å². The molecule has 0 unspecified atom stereocenters. The second-order valence-electron chi connectivity index (χ2n) is 3.92. The lowest BCUT2D eigenvalue weighted by Gasteiger charge is -2.11. The normalized spacial score (nSPS) is 11.4. The quantitative estimate of drug-likeness (QED) is 0.763. The van der Waals surface area contributed by atoms with Crippen molar-refractivity contribution >= 4 is 5.91 Å². The molecule has 96 valence electrons. The van der Waals surface area contributed by atoms with Gasteiger partial charge in [-0.2, -0.15) is 5.26 Å². The van der Waals surface area contributed by atoms with Crippen LogP contribution in [0.3, 0.4) is 0 Å². The van der Waals surface area contributed by atoms with Crippen LogP contribution in [0.1, 0.15) is 24.2 Å². The SMILES string of the molecule is Cc1cc([C@@H](C)O)ccc1OCC(=O)NCC#N. The Kier molecular flexibility index (Phi) is 5.15. The summed E-state index contributed by atoms with van der Waals surface area (Å²) in [6, 6.07) is 7.09. The van der Waals surface area contributed by atoms with Gasteiger partial charge in [-0.25, -0.2) is 0 Å². The van der Waals surface area contributed by atoms with Gasteiger partial charge in [0.05, 0.1) is 12.2 Å². The Morgan fingerprint density at radius 3 is 2.89 bits per heavy atom. The smallest absolute Gasteiger partial charge is 0.258 e. The zero-order chi connectivity index (χ0) is 13.5. The van der Waals surface area contributed by atoms with E-state index < -0.39 is 6.10 Å². The highest BCUT2D eigenvalue weighted by molar-refractivity contribution is 5.77. The van der Waals surface area contributed by atoms with Gasteiger partial charge < -0.3 is 15.2 Å². The van der Waals surface area contributed by atoms with Crippen LogP contribution < -0.4 is 10.1 Å². The zero-order valence-electron chi connectivity index (χ0n) is 10.4. The Morgan fingerprint density at radius 2 is 2.33 bits per heavy atom. The Bertz CT molecular complexity index is 464. The number of nitriles is 1. The van der Waals surface area contributed by atoms with Gasteiger partial charge in [0.25, 0.3) is 5.91 Å². The maximum atomic E-state index is 11.2. The standard InChI is InChI=1S/C13H16N2O3/c1-9-7-11(10(2)16)3-4-12(9)18-8-13(17)15-6-5-14/h3-4,7,10,16H,6,8H2,1-2H3,(H,15,17)/t10-/m1/s1. The van der Waals surface area contributed by atoms with Gasteiger partial charge in [-0.3, -0.25) is 4.79 Å². The molecule has 0 heterocycles. The number of hydrogen-bond acceptors (Lipinski definition) is 4. The molecule has 2 N–H and O–H groups in total. The zero-order valence-corrected chi connectivity index (χ0v) is 10.4. The monoisotopic (exact) mass is 248 g/mol. The van der Waals surface area contributed by atoms with Crippen molar-refractivity contribution in [1.29, 1.82) is 5.26 Å². The molecule has 0 aliphatic heterocycles. The first-order valence-electron chi connectivity index (χ1n) is 5.59. The molecule has 0 spiro atoms. The number of nitrogens with zero attached hydrogens (tertiary/aromatic N) is 1. The highest BCUT2D eigenvalue weighted by Gasteiger charge is 2.07. The third-order valence-corrected chi connectivity index (χ3v) is 2.40. The first-order chi connectivity index (χ1) is 8.54. The minimum atomic E-state index is -0.531. The van der Waals surface area contributed by atoms with Crippen LogP contribution in [0.4, 0.5) is 0 Å². The van der Waals surface area contributed by atoms with Gasteiger partial charge in [-0.05, 0) is 37.1 Å². The number of carbonyl (C=O) groups is 1. The van der Waals surface area contributed by atoms with Crippen molar-refractivity contribution in [2.24, 2.45) is 0 Å². The maximum absolute atomic E-state index is 11.2. The fraction of sp³-hybridized carbons (Fsp3) is 0.385. The van der Waals surface area contributed by atoms with E-state index in [4.69, 9.17) is 10.00 Å². The molecule has 0 fully saturated rings. The molecule has 0 aliphatic carbocycles. The van der Waals surface area contributed by atoms with Crippen molar-refractivity contribution in [2.75, 3.05) is 13.2 Å². The van der Waals surface area contributed by atoms with Crippen molar-refractivity contribution < 1.29 is 14.6 Å². The Labute approximate surface area is 106 Å². The number of ether oxygens (including phenoxy) is 1. The fourth-order valence-electron chi connectivity index (χ4n) is 1.43. The number of aliphatic hydroxyl groups is 1. The van der Waals surface area contributed by atoms with Crippen LogP contribution in [0.25, 0.3) is 0 Å². The number of aryl methyl sites for hydroxylation is 1. The van der Waals surface area contributed by atoms with Crippen LogP contribution in [0.5, 0.6) is 5.75 Å². The van der Waals surface area contributed by atoms with E-state index >= 15 is 0 Å². The third kappa shape index (κ3) is 4.07. The van der Waals surface area contributed by atoms with E-state index in [0.29, 0.717) is 5.75 Å². The van der Waals surface area contributed by atoms with Crippen LogP contribution >= 0.6 is 0 Å². The predicted octanol–water partition coefficient (Wildman–Crippen LogP) is 1.07. The molecule has 1 rings (SSSR count). The third-order valence-electron chi connectivity index (χ3n) is 2.40. The molecule has 1 aromatic rings. The van der Waals surface area contributed by atoms with Crippen LogP contribution in [0.15, 0.2) is 18.2 Å². The molecular formula is C13H16N2O3. The van der Waals surface area contributed by atoms with Crippen molar-refractivity contribution in [3.63, 3.8) is 0 Å². The molecule has 0 saturated carbocycles. The molecule has 0 aromatic heterocycles. The molecule has 0 aliphatic rings. The number of benzene rings is 1. The van der Waals surface area contributed by atoms with E-state index in [1.807, 2.05) is 19.1 Å². The van der Waals surface area contributed by atoms with Crippen LogP contribution in [0.2, 0.25) is 0 Å². The van der Waals surface area contributed by atoms with E-state index in [2.05, 4.69) is 5.32 Å². The number of aliphatic hydroxyl groups excluding tert-OH is 1. The van der Waals surface area contributed by atoms with Crippen LogP contribution in [-0.4, -0.2) is 24.2 Å². The van der Waals surface area contributed by atoms with Gasteiger partial charge >= 0.3 is 0 Å². The fourth-order valence-corrected chi connectivity index (χ4v) is 1.43. The lowest BCUT2D eigenvalue weighted by Crippen LogP contribution is -2.29. The first-order valence-corrected chi connectivity index (χ1v) is 5.59. The predicted molar refractivity (Wildman–Crippen MR) is 65.9 cm³/mol. The summed E-state index contributed by atoms with van der Waals surface area (Å²) in [5, 5.41) is 20.1. The largest absolute Gasteiger partial charge is 0.484 e. The molecule has 1 amide bonds. The Balaban J connectivity index is 2.58. The molecule has 1 atom stereocenters. The number of nitrogens with one attached hydrogen (secondary N) is 1. The van der Waals surface area contributed by atoms with Crippen molar-refractivity contribution in [3.05, 3.63) is 29.3 Å². The first kappa shape index (κ1) is 14.0. The minimum Gasteiger partial charge on any atom is -0.484 e. The average Bonchev–Trinajstić information content (AvgIpc) is 2.34.